The third-order valence-corrected chi connectivity index (χ3v) is 2.84. The zero-order chi connectivity index (χ0) is 13.3. The number of halogens is 3. The quantitative estimate of drug-likeness (QED) is 0.769. The van der Waals surface area contributed by atoms with Gasteiger partial charge in [0.25, 0.3) is 0 Å². The van der Waals surface area contributed by atoms with E-state index in [-0.39, 0.29) is 5.78 Å². The fourth-order valence-corrected chi connectivity index (χ4v) is 1.87. The van der Waals surface area contributed by atoms with Gasteiger partial charge in [0.05, 0.1) is 5.56 Å². The van der Waals surface area contributed by atoms with Crippen LogP contribution in [0.5, 0.6) is 0 Å². The molecule has 0 saturated carbocycles. The fraction of sp³-hybridized carbons (Fsp3) is 0.308. The summed E-state index contributed by atoms with van der Waals surface area (Å²) in [5.74, 6) is -0.118. The molecule has 1 aliphatic rings. The van der Waals surface area contributed by atoms with Gasteiger partial charge in [-0.05, 0) is 17.7 Å². The van der Waals surface area contributed by atoms with Gasteiger partial charge in [0, 0.05) is 31.8 Å². The van der Waals surface area contributed by atoms with Crippen molar-refractivity contribution in [1.29, 1.82) is 0 Å². The first kappa shape index (κ1) is 12.7. The van der Waals surface area contributed by atoms with Crippen molar-refractivity contribution in [1.82, 2.24) is 4.90 Å². The SMILES string of the molecule is CN1C=C(c2cccc(C(F)(F)F)c2)C(=O)CC1. The van der Waals surface area contributed by atoms with Gasteiger partial charge in [-0.15, -0.1) is 0 Å². The lowest BCUT2D eigenvalue weighted by Gasteiger charge is -2.22. The summed E-state index contributed by atoms with van der Waals surface area (Å²) in [6.45, 7) is 0.599. The number of ketones is 1. The van der Waals surface area contributed by atoms with Crippen molar-refractivity contribution in [2.75, 3.05) is 13.6 Å². The summed E-state index contributed by atoms with van der Waals surface area (Å²) in [6.07, 6.45) is -2.46. The molecule has 2 rings (SSSR count). The number of rotatable bonds is 1. The lowest BCUT2D eigenvalue weighted by Crippen LogP contribution is -2.23. The first-order valence-electron chi connectivity index (χ1n) is 5.51. The number of carbonyl (C=O) groups excluding carboxylic acids is 1. The molecule has 0 fully saturated rings. The van der Waals surface area contributed by atoms with Gasteiger partial charge < -0.3 is 4.90 Å². The van der Waals surface area contributed by atoms with Crippen LogP contribution >= 0.6 is 0 Å². The lowest BCUT2D eigenvalue weighted by molar-refractivity contribution is -0.137. The van der Waals surface area contributed by atoms with Crippen LogP contribution in [0.2, 0.25) is 0 Å². The molecule has 2 nitrogen and oxygen atoms in total. The van der Waals surface area contributed by atoms with E-state index in [1.807, 2.05) is 0 Å². The highest BCUT2D eigenvalue weighted by Gasteiger charge is 2.31. The molecule has 0 bridgehead atoms. The number of allylic oxidation sites excluding steroid dienone is 1. The average molecular weight is 255 g/mol. The van der Waals surface area contributed by atoms with Crippen LogP contribution in [0.15, 0.2) is 30.5 Å². The Bertz CT molecular complexity index is 505. The normalized spacial score (nSPS) is 16.8. The number of nitrogens with zero attached hydrogens (tertiary/aromatic N) is 1. The average Bonchev–Trinajstić information content (AvgIpc) is 2.31. The smallest absolute Gasteiger partial charge is 0.379 e. The maximum absolute atomic E-state index is 12.6. The van der Waals surface area contributed by atoms with Crippen LogP contribution in [0.25, 0.3) is 5.57 Å². The summed E-state index contributed by atoms with van der Waals surface area (Å²) in [6, 6.07) is 4.86. The molecule has 0 aliphatic carbocycles. The molecule has 96 valence electrons. The van der Waals surface area contributed by atoms with Crippen LogP contribution in [0.3, 0.4) is 0 Å². The zero-order valence-electron chi connectivity index (χ0n) is 9.79. The van der Waals surface area contributed by atoms with Crippen LogP contribution < -0.4 is 0 Å². The molecular formula is C13H12F3NO. The summed E-state index contributed by atoms with van der Waals surface area (Å²) in [5.41, 5.74) is -0.0712. The van der Waals surface area contributed by atoms with E-state index in [1.165, 1.54) is 12.1 Å². The molecule has 0 spiro atoms. The maximum atomic E-state index is 12.6. The van der Waals surface area contributed by atoms with E-state index in [0.717, 1.165) is 12.1 Å². The number of Topliss-reactive ketones (excluding diaryl/α,β-unsaturated/α-hetero) is 1. The van der Waals surface area contributed by atoms with Crippen LogP contribution in [0, 0.1) is 0 Å². The third-order valence-electron chi connectivity index (χ3n) is 2.84. The van der Waals surface area contributed by atoms with Gasteiger partial charge in [0.2, 0.25) is 0 Å². The highest BCUT2D eigenvalue weighted by Crippen LogP contribution is 2.31. The minimum Gasteiger partial charge on any atom is -0.379 e. The van der Waals surface area contributed by atoms with Crippen LogP contribution in [-0.2, 0) is 11.0 Å². The molecular weight excluding hydrogens is 243 g/mol. The number of alkyl halides is 3. The first-order valence-corrected chi connectivity index (χ1v) is 5.51. The highest BCUT2D eigenvalue weighted by atomic mass is 19.4. The molecule has 0 radical (unpaired) electrons. The second-order valence-corrected chi connectivity index (χ2v) is 4.28. The van der Waals surface area contributed by atoms with Crippen molar-refractivity contribution in [2.45, 2.75) is 12.6 Å². The van der Waals surface area contributed by atoms with Crippen molar-refractivity contribution in [3.8, 4) is 0 Å². The topological polar surface area (TPSA) is 20.3 Å². The van der Waals surface area contributed by atoms with Gasteiger partial charge in [0.15, 0.2) is 5.78 Å². The van der Waals surface area contributed by atoms with Crippen molar-refractivity contribution in [2.24, 2.45) is 0 Å². The first-order chi connectivity index (χ1) is 8.38. The molecule has 1 aromatic carbocycles. The van der Waals surface area contributed by atoms with E-state index in [0.29, 0.717) is 24.1 Å². The van der Waals surface area contributed by atoms with Crippen molar-refractivity contribution in [3.05, 3.63) is 41.6 Å². The van der Waals surface area contributed by atoms with Gasteiger partial charge in [-0.1, -0.05) is 12.1 Å². The summed E-state index contributed by atoms with van der Waals surface area (Å²) < 4.78 is 37.8. The number of hydrogen-bond acceptors (Lipinski definition) is 2. The predicted octanol–water partition coefficient (Wildman–Crippen LogP) is 2.95. The molecule has 0 atom stereocenters. The molecule has 0 amide bonds. The molecule has 1 aromatic rings. The number of carbonyl (C=O) groups is 1. The van der Waals surface area contributed by atoms with Crippen molar-refractivity contribution >= 4 is 11.4 Å². The minimum absolute atomic E-state index is 0.118. The fourth-order valence-electron chi connectivity index (χ4n) is 1.87. The van der Waals surface area contributed by atoms with Crippen LogP contribution in [0.1, 0.15) is 17.5 Å². The van der Waals surface area contributed by atoms with Crippen molar-refractivity contribution < 1.29 is 18.0 Å². The zero-order valence-corrected chi connectivity index (χ0v) is 9.79. The van der Waals surface area contributed by atoms with E-state index in [1.54, 1.807) is 18.1 Å². The Kier molecular flexibility index (Phi) is 3.15. The van der Waals surface area contributed by atoms with E-state index in [2.05, 4.69) is 0 Å². The summed E-state index contributed by atoms with van der Waals surface area (Å²) in [5, 5.41) is 0. The van der Waals surface area contributed by atoms with E-state index in [9.17, 15) is 18.0 Å². The van der Waals surface area contributed by atoms with Gasteiger partial charge >= 0.3 is 6.18 Å². The van der Waals surface area contributed by atoms with Gasteiger partial charge in [-0.25, -0.2) is 0 Å². The standard InChI is InChI=1S/C13H12F3NO/c1-17-6-5-12(18)11(8-17)9-3-2-4-10(7-9)13(14,15)16/h2-4,7-8H,5-6H2,1H3. The second kappa shape index (κ2) is 4.48. The van der Waals surface area contributed by atoms with Gasteiger partial charge in [-0.3, -0.25) is 4.79 Å². The Morgan fingerprint density at radius 1 is 1.28 bits per heavy atom. The van der Waals surface area contributed by atoms with Crippen molar-refractivity contribution in [3.63, 3.8) is 0 Å². The Morgan fingerprint density at radius 2 is 2.00 bits per heavy atom. The van der Waals surface area contributed by atoms with Crippen LogP contribution in [-0.4, -0.2) is 24.3 Å². The van der Waals surface area contributed by atoms with Crippen LogP contribution in [0.4, 0.5) is 13.2 Å². The Hall–Kier alpha value is -1.78. The largest absolute Gasteiger partial charge is 0.416 e. The van der Waals surface area contributed by atoms with E-state index >= 15 is 0 Å². The Balaban J connectivity index is 2.42. The summed E-state index contributed by atoms with van der Waals surface area (Å²) >= 11 is 0. The van der Waals surface area contributed by atoms with E-state index < -0.39 is 11.7 Å². The molecule has 0 aromatic heterocycles. The molecule has 5 heteroatoms. The summed E-state index contributed by atoms with van der Waals surface area (Å²) in [4.78, 5) is 13.5. The molecule has 0 N–H and O–H groups in total. The molecule has 0 unspecified atom stereocenters. The molecule has 1 aliphatic heterocycles. The molecule has 0 saturated heterocycles. The predicted molar refractivity (Wildman–Crippen MR) is 61.7 cm³/mol. The van der Waals surface area contributed by atoms with Gasteiger partial charge in [-0.2, -0.15) is 13.2 Å². The number of hydrogen-bond donors (Lipinski definition) is 0. The molecule has 1 heterocycles. The van der Waals surface area contributed by atoms with E-state index in [4.69, 9.17) is 0 Å². The van der Waals surface area contributed by atoms with Gasteiger partial charge in [0.1, 0.15) is 0 Å². The maximum Gasteiger partial charge on any atom is 0.416 e. The lowest BCUT2D eigenvalue weighted by atomic mass is 9.96. The third kappa shape index (κ3) is 2.55. The Labute approximate surface area is 103 Å². The monoisotopic (exact) mass is 255 g/mol. The number of benzene rings is 1. The minimum atomic E-state index is -4.39. The Morgan fingerprint density at radius 3 is 2.67 bits per heavy atom. The molecule has 18 heavy (non-hydrogen) atoms. The second-order valence-electron chi connectivity index (χ2n) is 4.28. The highest BCUT2D eigenvalue weighted by molar-refractivity contribution is 6.21. The summed E-state index contributed by atoms with van der Waals surface area (Å²) in [7, 11) is 1.79.